The van der Waals surface area contributed by atoms with E-state index in [0.29, 0.717) is 16.7 Å². The van der Waals surface area contributed by atoms with Crippen molar-refractivity contribution in [3.8, 4) is 11.1 Å². The number of likely N-dealkylation sites (tertiary alicyclic amines) is 1. The Kier molecular flexibility index (Phi) is 5.68. The lowest BCUT2D eigenvalue weighted by Crippen LogP contribution is -2.40. The van der Waals surface area contributed by atoms with E-state index < -0.39 is 18.1 Å². The lowest BCUT2D eigenvalue weighted by molar-refractivity contribution is -0.133. The Hall–Kier alpha value is -3.69. The number of carbonyl (C=O) groups is 3. The Bertz CT molecular complexity index is 1210. The van der Waals surface area contributed by atoms with Gasteiger partial charge in [-0.3, -0.25) is 19.1 Å². The first-order valence-corrected chi connectivity index (χ1v) is 10.2. The van der Waals surface area contributed by atoms with Crippen molar-refractivity contribution in [3.63, 3.8) is 0 Å². The zero-order valence-corrected chi connectivity index (χ0v) is 17.8. The molecule has 3 aromatic rings. The minimum Gasteiger partial charge on any atom is -0.370 e. The fourth-order valence-corrected chi connectivity index (χ4v) is 4.09. The van der Waals surface area contributed by atoms with Crippen LogP contribution >= 0.6 is 0 Å². The molecular formula is C22H23FN6O3. The molecule has 9 nitrogen and oxygen atoms in total. The van der Waals surface area contributed by atoms with Crippen LogP contribution in [0, 0.1) is 6.92 Å². The molecular weight excluding hydrogens is 415 g/mol. The van der Waals surface area contributed by atoms with E-state index in [0.717, 1.165) is 11.1 Å². The van der Waals surface area contributed by atoms with E-state index in [9.17, 15) is 18.8 Å². The van der Waals surface area contributed by atoms with E-state index in [1.807, 2.05) is 12.1 Å². The molecule has 4 rings (SSSR count). The summed E-state index contributed by atoms with van der Waals surface area (Å²) in [6.45, 7) is 2.93. The summed E-state index contributed by atoms with van der Waals surface area (Å²) in [5.74, 6) is -0.558. The Morgan fingerprint density at radius 1 is 1.19 bits per heavy atom. The summed E-state index contributed by atoms with van der Waals surface area (Å²) in [7, 11) is 0. The Labute approximate surface area is 183 Å². The largest absolute Gasteiger partial charge is 0.370 e. The molecule has 10 heteroatoms. The van der Waals surface area contributed by atoms with Crippen LogP contribution in [-0.2, 0) is 16.1 Å². The molecule has 0 spiro atoms. The number of alkyl halides is 1. The summed E-state index contributed by atoms with van der Waals surface area (Å²) in [6.07, 6.45) is 2.18. The second-order valence-electron chi connectivity index (χ2n) is 8.02. The summed E-state index contributed by atoms with van der Waals surface area (Å²) in [4.78, 5) is 46.2. The molecule has 1 aliphatic heterocycles. The number of Topliss-reactive ketones (excluding diaryl/α,β-unsaturated/α-hetero) is 1. The van der Waals surface area contributed by atoms with Crippen molar-refractivity contribution in [2.24, 2.45) is 5.73 Å². The summed E-state index contributed by atoms with van der Waals surface area (Å²) in [6, 6.07) is 4.86. The number of nitrogens with zero attached hydrogens (tertiary/aromatic N) is 5. The number of halogens is 1. The molecule has 0 saturated carbocycles. The highest BCUT2D eigenvalue weighted by atomic mass is 19.1. The highest BCUT2D eigenvalue weighted by Gasteiger charge is 2.36. The first kappa shape index (κ1) is 21.5. The summed E-state index contributed by atoms with van der Waals surface area (Å²) >= 11 is 0. The van der Waals surface area contributed by atoms with Crippen LogP contribution in [0.15, 0.2) is 30.6 Å². The van der Waals surface area contributed by atoms with E-state index in [-0.39, 0.29) is 43.3 Å². The summed E-state index contributed by atoms with van der Waals surface area (Å²) in [5.41, 5.74) is 7.69. The topological polar surface area (TPSA) is 124 Å². The quantitative estimate of drug-likeness (QED) is 0.586. The second kappa shape index (κ2) is 8.45. The number of aryl methyl sites for hydroxylation is 1. The minimum absolute atomic E-state index is 0.0786. The van der Waals surface area contributed by atoms with E-state index in [1.165, 1.54) is 16.5 Å². The van der Waals surface area contributed by atoms with Gasteiger partial charge in [0.2, 0.25) is 11.8 Å². The molecule has 166 valence electrons. The molecule has 0 unspecified atom stereocenters. The first-order chi connectivity index (χ1) is 15.2. The van der Waals surface area contributed by atoms with Gasteiger partial charge in [0.1, 0.15) is 24.2 Å². The van der Waals surface area contributed by atoms with Crippen molar-refractivity contribution in [1.82, 2.24) is 24.6 Å². The number of amides is 2. The molecule has 1 saturated heterocycles. The number of rotatable bonds is 6. The molecule has 1 fully saturated rings. The van der Waals surface area contributed by atoms with E-state index >= 15 is 0 Å². The Morgan fingerprint density at radius 3 is 2.56 bits per heavy atom. The predicted octanol–water partition coefficient (Wildman–Crippen LogP) is 1.82. The van der Waals surface area contributed by atoms with Crippen molar-refractivity contribution >= 4 is 28.5 Å². The lowest BCUT2D eigenvalue weighted by atomic mass is 10.0. The third-order valence-electron chi connectivity index (χ3n) is 5.60. The highest BCUT2D eigenvalue weighted by Crippen LogP contribution is 2.28. The molecule has 2 N–H and O–H groups in total. The zero-order valence-electron chi connectivity index (χ0n) is 17.8. The maximum absolute atomic E-state index is 13.9. The van der Waals surface area contributed by atoms with Crippen molar-refractivity contribution in [2.45, 2.75) is 45.4 Å². The SMILES string of the molecule is CC(=O)c1nn(CC(=O)N2C[C@H](F)C[C@H]2CC(N)=O)c2ccc(-c3cnc(C)nc3)cc12. The average molecular weight is 438 g/mol. The maximum Gasteiger partial charge on any atom is 0.244 e. The number of ketones is 1. The lowest BCUT2D eigenvalue weighted by Gasteiger charge is -2.23. The van der Waals surface area contributed by atoms with Crippen LogP contribution in [0.3, 0.4) is 0 Å². The van der Waals surface area contributed by atoms with Crippen LogP contribution in [0.2, 0.25) is 0 Å². The van der Waals surface area contributed by atoms with Gasteiger partial charge in [-0.25, -0.2) is 14.4 Å². The smallest absolute Gasteiger partial charge is 0.244 e. The normalized spacial score (nSPS) is 18.3. The van der Waals surface area contributed by atoms with E-state index in [4.69, 9.17) is 5.73 Å². The molecule has 1 aliphatic rings. The van der Waals surface area contributed by atoms with Gasteiger partial charge in [-0.1, -0.05) is 6.07 Å². The molecule has 2 aromatic heterocycles. The fraction of sp³-hybridized carbons (Fsp3) is 0.364. The standard InChI is InChI=1S/C22H23FN6O3/c1-12(30)22-18-5-14(15-8-25-13(2)26-9-15)3-4-19(18)29(27-22)11-21(32)28-10-16(23)6-17(28)7-20(24)31/h3-5,8-9,16-17H,6-7,10-11H2,1-2H3,(H2,24,31)/t16-,17+/m1/s1. The number of carbonyl (C=O) groups excluding carboxylic acids is 3. The predicted molar refractivity (Wildman–Crippen MR) is 114 cm³/mol. The Balaban J connectivity index is 1.67. The molecule has 32 heavy (non-hydrogen) atoms. The molecule has 3 heterocycles. The van der Waals surface area contributed by atoms with Crippen molar-refractivity contribution < 1.29 is 18.8 Å². The summed E-state index contributed by atoms with van der Waals surface area (Å²) < 4.78 is 15.4. The second-order valence-corrected chi connectivity index (χ2v) is 8.02. The van der Waals surface area contributed by atoms with Crippen LogP contribution in [0.4, 0.5) is 4.39 Å². The molecule has 0 radical (unpaired) electrons. The average Bonchev–Trinajstić information content (AvgIpc) is 3.28. The van der Waals surface area contributed by atoms with Gasteiger partial charge < -0.3 is 10.6 Å². The van der Waals surface area contributed by atoms with Gasteiger partial charge in [0, 0.05) is 49.2 Å². The third kappa shape index (κ3) is 4.20. The maximum atomic E-state index is 13.9. The fourth-order valence-electron chi connectivity index (χ4n) is 4.09. The highest BCUT2D eigenvalue weighted by molar-refractivity contribution is 6.06. The number of benzene rings is 1. The molecule has 0 aliphatic carbocycles. The van der Waals surface area contributed by atoms with Crippen molar-refractivity contribution in [3.05, 3.63) is 42.1 Å². The van der Waals surface area contributed by atoms with E-state index in [1.54, 1.807) is 25.4 Å². The Morgan fingerprint density at radius 2 is 1.91 bits per heavy atom. The van der Waals surface area contributed by atoms with Gasteiger partial charge in [0.15, 0.2) is 5.78 Å². The van der Waals surface area contributed by atoms with Gasteiger partial charge in [-0.2, -0.15) is 5.10 Å². The van der Waals surface area contributed by atoms with Gasteiger partial charge in [-0.05, 0) is 24.6 Å². The summed E-state index contributed by atoms with van der Waals surface area (Å²) in [5, 5.41) is 4.96. The number of nitrogens with two attached hydrogens (primary N) is 1. The molecule has 2 amide bonds. The molecule has 0 bridgehead atoms. The third-order valence-corrected chi connectivity index (χ3v) is 5.60. The van der Waals surface area contributed by atoms with Crippen molar-refractivity contribution in [1.29, 1.82) is 0 Å². The molecule has 2 atom stereocenters. The number of primary amides is 1. The number of fused-ring (bicyclic) bond motifs is 1. The minimum atomic E-state index is -1.20. The van der Waals surface area contributed by atoms with Gasteiger partial charge in [0.05, 0.1) is 12.1 Å². The van der Waals surface area contributed by atoms with Crippen LogP contribution in [0.1, 0.15) is 36.1 Å². The first-order valence-electron chi connectivity index (χ1n) is 10.2. The van der Waals surface area contributed by atoms with Crippen LogP contribution in [-0.4, -0.2) is 61.0 Å². The zero-order chi connectivity index (χ0) is 23.0. The van der Waals surface area contributed by atoms with Crippen LogP contribution in [0.25, 0.3) is 22.0 Å². The van der Waals surface area contributed by atoms with Gasteiger partial charge in [0.25, 0.3) is 0 Å². The van der Waals surface area contributed by atoms with Crippen molar-refractivity contribution in [2.75, 3.05) is 6.54 Å². The number of hydrogen-bond donors (Lipinski definition) is 1. The number of hydrogen-bond acceptors (Lipinski definition) is 6. The van der Waals surface area contributed by atoms with E-state index in [2.05, 4.69) is 15.1 Å². The molecule has 1 aromatic carbocycles. The van der Waals surface area contributed by atoms with Gasteiger partial charge in [-0.15, -0.1) is 0 Å². The van der Waals surface area contributed by atoms with Crippen LogP contribution in [0.5, 0.6) is 0 Å². The van der Waals surface area contributed by atoms with Crippen LogP contribution < -0.4 is 5.73 Å². The van der Waals surface area contributed by atoms with Gasteiger partial charge >= 0.3 is 0 Å². The monoisotopic (exact) mass is 438 g/mol. The number of aromatic nitrogens is 4.